The fourth-order valence-corrected chi connectivity index (χ4v) is 5.66. The summed E-state index contributed by atoms with van der Waals surface area (Å²) in [6, 6.07) is 14.9. The van der Waals surface area contributed by atoms with E-state index in [0.717, 1.165) is 34.0 Å². The van der Waals surface area contributed by atoms with Gasteiger partial charge in [0.25, 0.3) is 0 Å². The summed E-state index contributed by atoms with van der Waals surface area (Å²) in [5.41, 5.74) is 10.9. The van der Waals surface area contributed by atoms with Gasteiger partial charge in [0.1, 0.15) is 11.5 Å². The van der Waals surface area contributed by atoms with E-state index in [1.807, 2.05) is 60.7 Å². The van der Waals surface area contributed by atoms with Gasteiger partial charge < -0.3 is 9.47 Å². The number of carbonyl (C=O) groups excluding carboxylic acids is 4. The summed E-state index contributed by atoms with van der Waals surface area (Å²) >= 11 is 0. The summed E-state index contributed by atoms with van der Waals surface area (Å²) in [5.74, 6) is 1.25. The molecule has 10 nitrogen and oxygen atoms in total. The van der Waals surface area contributed by atoms with Crippen molar-refractivity contribution in [1.82, 2.24) is 20.9 Å². The molecule has 2 aliphatic carbocycles. The van der Waals surface area contributed by atoms with Gasteiger partial charge in [0.2, 0.25) is 11.8 Å². The van der Waals surface area contributed by atoms with Crippen LogP contribution in [0.15, 0.2) is 120 Å². The minimum atomic E-state index is -0.145. The number of allylic oxidation sites excluding steroid dienone is 10. The summed E-state index contributed by atoms with van der Waals surface area (Å²) < 4.78 is 10.3. The zero-order chi connectivity index (χ0) is 32.8. The van der Waals surface area contributed by atoms with Crippen molar-refractivity contribution >= 4 is 23.4 Å². The predicted molar refractivity (Wildman–Crippen MR) is 173 cm³/mol. The number of hydrogen-bond acceptors (Lipinski definition) is 8. The van der Waals surface area contributed by atoms with Crippen LogP contribution < -0.4 is 20.3 Å². The Balaban J connectivity index is 0.000000208. The number of ether oxygens (including phenoxy) is 2. The molecule has 0 bridgehead atoms. The van der Waals surface area contributed by atoms with E-state index in [-0.39, 0.29) is 52.0 Å². The molecule has 0 aromatic heterocycles. The molecule has 2 amide bonds. The predicted octanol–water partition coefficient (Wildman–Crippen LogP) is 4.88. The number of ketones is 2. The van der Waals surface area contributed by atoms with Crippen molar-refractivity contribution in [2.75, 3.05) is 14.2 Å². The normalized spacial score (nSPS) is 22.6. The van der Waals surface area contributed by atoms with Crippen LogP contribution in [0.2, 0.25) is 0 Å². The molecule has 47 heavy (non-hydrogen) atoms. The summed E-state index contributed by atoms with van der Waals surface area (Å²) in [6.07, 6.45) is 14.8. The summed E-state index contributed by atoms with van der Waals surface area (Å²) in [4.78, 5) is 48.0. The van der Waals surface area contributed by atoms with Gasteiger partial charge in [-0.2, -0.15) is 0 Å². The van der Waals surface area contributed by atoms with Crippen molar-refractivity contribution in [2.45, 2.75) is 38.8 Å². The molecule has 2 aromatic carbocycles. The summed E-state index contributed by atoms with van der Waals surface area (Å²) in [5, 5.41) is 3.15. The van der Waals surface area contributed by atoms with Gasteiger partial charge in [-0.3, -0.25) is 30.0 Å². The fourth-order valence-electron chi connectivity index (χ4n) is 5.66. The first-order valence-electron chi connectivity index (χ1n) is 14.9. The van der Waals surface area contributed by atoms with E-state index in [1.54, 1.807) is 48.5 Å². The molecular formula is C36H36N4NiO6. The third-order valence-corrected chi connectivity index (χ3v) is 8.03. The van der Waals surface area contributed by atoms with E-state index in [2.05, 4.69) is 10.9 Å². The van der Waals surface area contributed by atoms with Crippen LogP contribution in [0, 0.1) is 0 Å². The van der Waals surface area contributed by atoms with Crippen LogP contribution in [0.3, 0.4) is 0 Å². The molecule has 2 saturated heterocycles. The number of benzene rings is 2. The molecule has 2 heterocycles. The van der Waals surface area contributed by atoms with Gasteiger partial charge in [0.05, 0.1) is 26.3 Å². The molecule has 0 spiro atoms. The third-order valence-electron chi connectivity index (χ3n) is 8.03. The molecule has 2 N–H and O–H groups in total. The molecular weight excluding hydrogens is 643 g/mol. The topological polar surface area (TPSA) is 117 Å². The summed E-state index contributed by atoms with van der Waals surface area (Å²) in [7, 11) is 3.23. The Morgan fingerprint density at radius 1 is 0.617 bits per heavy atom. The van der Waals surface area contributed by atoms with E-state index in [1.165, 1.54) is 26.0 Å². The first-order chi connectivity index (χ1) is 22.2. The fraction of sp³-hybridized carbons (Fsp3) is 0.222. The number of hydrogen-bond donors (Lipinski definition) is 2. The third kappa shape index (κ3) is 7.81. The van der Waals surface area contributed by atoms with Gasteiger partial charge in [0, 0.05) is 65.7 Å². The maximum Gasteiger partial charge on any atom is 0.238 e. The Labute approximate surface area is 284 Å². The molecule has 0 radical (unpaired) electrons. The van der Waals surface area contributed by atoms with Crippen molar-refractivity contribution in [3.05, 3.63) is 131 Å². The van der Waals surface area contributed by atoms with E-state index in [4.69, 9.17) is 9.47 Å². The maximum atomic E-state index is 12.0. The molecule has 2 unspecified atom stereocenters. The first-order valence-corrected chi connectivity index (χ1v) is 14.9. The van der Waals surface area contributed by atoms with Crippen LogP contribution in [-0.2, 0) is 35.7 Å². The molecule has 2 atom stereocenters. The molecule has 2 aromatic rings. The van der Waals surface area contributed by atoms with Crippen LogP contribution in [-0.4, -0.2) is 47.6 Å². The minimum absolute atomic E-state index is 0. The number of nitrogens with one attached hydrogen (secondary N) is 2. The molecule has 0 saturated carbocycles. The molecule has 2 fully saturated rings. The number of methoxy groups -OCH3 is 2. The Hall–Kier alpha value is -5.15. The van der Waals surface area contributed by atoms with Gasteiger partial charge in [-0.25, -0.2) is 10.0 Å². The Bertz CT molecular complexity index is 1590. The quantitative estimate of drug-likeness (QED) is 0.347. The van der Waals surface area contributed by atoms with E-state index in [9.17, 15) is 19.2 Å². The molecule has 246 valence electrons. The largest absolute Gasteiger partial charge is 0.497 e. The van der Waals surface area contributed by atoms with Crippen LogP contribution in [0.4, 0.5) is 0 Å². The van der Waals surface area contributed by atoms with Crippen LogP contribution >= 0.6 is 0 Å². The number of hydrazine groups is 2. The van der Waals surface area contributed by atoms with Crippen LogP contribution in [0.5, 0.6) is 11.5 Å². The number of nitrogens with zero attached hydrogens (tertiary/aromatic N) is 2. The molecule has 6 rings (SSSR count). The van der Waals surface area contributed by atoms with Gasteiger partial charge in [-0.05, 0) is 59.7 Å². The first kappa shape index (κ1) is 34.7. The van der Waals surface area contributed by atoms with Crippen molar-refractivity contribution in [2.24, 2.45) is 0 Å². The van der Waals surface area contributed by atoms with Gasteiger partial charge >= 0.3 is 0 Å². The van der Waals surface area contributed by atoms with Gasteiger partial charge in [-0.15, -0.1) is 0 Å². The number of carbonyl (C=O) groups is 4. The Morgan fingerprint density at radius 2 is 0.957 bits per heavy atom. The second-order valence-corrected chi connectivity index (χ2v) is 10.9. The van der Waals surface area contributed by atoms with Gasteiger partial charge in [-0.1, -0.05) is 48.6 Å². The molecule has 4 aliphatic rings. The van der Waals surface area contributed by atoms with E-state index >= 15 is 0 Å². The molecule has 11 heteroatoms. The maximum absolute atomic E-state index is 12.0. The van der Waals surface area contributed by atoms with Gasteiger partial charge in [0.15, 0.2) is 11.6 Å². The standard InChI is InChI=1S/2C18H18N2O3.Ni/c2*1-12(21)20-17(13-7-9-14(23-2)10-8-13)11-16(19-20)15-5-3-4-6-18(15)22;/h2*3-10,17,19H,11H2,1-2H3;/b2*16-15-;. The SMILES string of the molecule is COc1ccc(C2C/C(=C3\C=CC=CC3=O)NN2C(C)=O)cc1.COc1ccc(C2C/C(=C3\C=CC=CC3=O)NN2C(C)=O)cc1.[Ni]. The van der Waals surface area contributed by atoms with Crippen molar-refractivity contribution < 1.29 is 45.1 Å². The van der Waals surface area contributed by atoms with Crippen molar-refractivity contribution in [1.29, 1.82) is 0 Å². The number of rotatable bonds is 4. The monoisotopic (exact) mass is 678 g/mol. The second-order valence-electron chi connectivity index (χ2n) is 10.9. The Kier molecular flexibility index (Phi) is 11.4. The van der Waals surface area contributed by atoms with E-state index < -0.39 is 0 Å². The Morgan fingerprint density at radius 3 is 1.26 bits per heavy atom. The van der Waals surface area contributed by atoms with Crippen molar-refractivity contribution in [3.8, 4) is 11.5 Å². The molecule has 2 aliphatic heterocycles. The average molecular weight is 679 g/mol. The smallest absolute Gasteiger partial charge is 0.238 e. The minimum Gasteiger partial charge on any atom is -0.497 e. The average Bonchev–Trinajstić information content (AvgIpc) is 3.72. The number of amides is 2. The summed E-state index contributed by atoms with van der Waals surface area (Å²) in [6.45, 7) is 3.02. The zero-order valence-corrected chi connectivity index (χ0v) is 27.5. The second kappa shape index (κ2) is 15.4. The van der Waals surface area contributed by atoms with Crippen LogP contribution in [0.25, 0.3) is 0 Å². The van der Waals surface area contributed by atoms with E-state index in [0.29, 0.717) is 24.0 Å². The van der Waals surface area contributed by atoms with Crippen molar-refractivity contribution in [3.63, 3.8) is 0 Å². The zero-order valence-electron chi connectivity index (χ0n) is 26.5. The van der Waals surface area contributed by atoms with Crippen LogP contribution in [0.1, 0.15) is 49.9 Å².